The largest absolute Gasteiger partial charge is 0.481 e. The van der Waals surface area contributed by atoms with Crippen molar-refractivity contribution in [1.29, 1.82) is 0 Å². The molecular weight excluding hydrogens is 540 g/mol. The van der Waals surface area contributed by atoms with Gasteiger partial charge in [-0.2, -0.15) is 0 Å². The van der Waals surface area contributed by atoms with Gasteiger partial charge in [0.05, 0.1) is 13.2 Å². The van der Waals surface area contributed by atoms with Crippen LogP contribution in [0, 0.1) is 35.5 Å². The molecule has 4 aliphatic carbocycles. The lowest BCUT2D eigenvalue weighted by Crippen LogP contribution is -2.23. The van der Waals surface area contributed by atoms with Crippen LogP contribution in [-0.4, -0.2) is 38.4 Å². The number of carbonyl (C=O) groups excluding carboxylic acids is 2. The Kier molecular flexibility index (Phi) is 7.44. The monoisotopic (exact) mass is 576 g/mol. The minimum atomic E-state index is -0.370. The number of halogens is 1. The van der Waals surface area contributed by atoms with E-state index >= 15 is 0 Å². The van der Waals surface area contributed by atoms with E-state index in [1.165, 1.54) is 51.4 Å². The van der Waals surface area contributed by atoms with E-state index in [-0.39, 0.29) is 25.2 Å². The van der Waals surface area contributed by atoms with E-state index in [4.69, 9.17) is 30.5 Å². The molecular formula is C34H37ClO6. The molecule has 3 aromatic carbocycles. The molecule has 4 saturated carbocycles. The van der Waals surface area contributed by atoms with Crippen molar-refractivity contribution >= 4 is 45.1 Å². The molecule has 3 aromatic rings. The summed E-state index contributed by atoms with van der Waals surface area (Å²) < 4.78 is 23.6. The molecule has 6 nitrogen and oxygen atoms in total. The smallest absolute Gasteiger partial charge is 0.344 e. The Balaban J connectivity index is 1.06. The van der Waals surface area contributed by atoms with Gasteiger partial charge in [0.2, 0.25) is 0 Å². The summed E-state index contributed by atoms with van der Waals surface area (Å²) in [6.07, 6.45) is 10.1. The van der Waals surface area contributed by atoms with E-state index in [1.54, 1.807) is 12.1 Å². The second kappa shape index (κ2) is 11.4. The zero-order valence-corrected chi connectivity index (χ0v) is 24.1. The molecule has 0 radical (unpaired) electrons. The van der Waals surface area contributed by atoms with Crippen LogP contribution in [0.1, 0.15) is 51.4 Å². The minimum Gasteiger partial charge on any atom is -0.481 e. The fourth-order valence-corrected chi connectivity index (χ4v) is 8.46. The Hall–Kier alpha value is -2.99. The van der Waals surface area contributed by atoms with Crippen LogP contribution in [0.2, 0.25) is 5.02 Å². The number of ether oxygens (including phenoxy) is 4. The van der Waals surface area contributed by atoms with Gasteiger partial charge in [-0.1, -0.05) is 48.7 Å². The Bertz CT molecular complexity index is 1470. The summed E-state index contributed by atoms with van der Waals surface area (Å²) in [7, 11) is 0. The molecule has 7 heteroatoms. The van der Waals surface area contributed by atoms with E-state index in [0.29, 0.717) is 58.8 Å². The maximum absolute atomic E-state index is 12.7. The molecule has 41 heavy (non-hydrogen) atoms. The first-order valence-corrected chi connectivity index (χ1v) is 15.6. The lowest BCUT2D eigenvalue weighted by molar-refractivity contribution is -0.148. The SMILES string of the molecule is O=C(COc1c2ccccc2c(OCC(=O)OCC2CC3CCC2C3)c2cc(Cl)ccc12)OCC1CC2CCC1C2. The topological polar surface area (TPSA) is 71.1 Å². The van der Waals surface area contributed by atoms with Crippen LogP contribution in [0.4, 0.5) is 0 Å². The van der Waals surface area contributed by atoms with Crippen molar-refractivity contribution in [1.82, 2.24) is 0 Å². The summed E-state index contributed by atoms with van der Waals surface area (Å²) in [5, 5.41) is 3.55. The van der Waals surface area contributed by atoms with Gasteiger partial charge in [0, 0.05) is 26.6 Å². The molecule has 0 spiro atoms. The van der Waals surface area contributed by atoms with Crippen LogP contribution < -0.4 is 9.47 Å². The lowest BCUT2D eigenvalue weighted by atomic mass is 9.90. The van der Waals surface area contributed by atoms with Crippen LogP contribution in [0.25, 0.3) is 21.5 Å². The van der Waals surface area contributed by atoms with Crippen molar-refractivity contribution in [2.45, 2.75) is 51.4 Å². The summed E-state index contributed by atoms with van der Waals surface area (Å²) in [6, 6.07) is 13.1. The fourth-order valence-electron chi connectivity index (χ4n) is 8.29. The molecule has 7 rings (SSSR count). The Morgan fingerprint density at radius 2 is 1.17 bits per heavy atom. The van der Waals surface area contributed by atoms with Crippen LogP contribution in [0.3, 0.4) is 0 Å². The highest BCUT2D eigenvalue weighted by Crippen LogP contribution is 2.49. The molecule has 0 saturated heterocycles. The number of fused-ring (bicyclic) bond motifs is 6. The van der Waals surface area contributed by atoms with Gasteiger partial charge in [0.15, 0.2) is 13.2 Å². The average molecular weight is 577 g/mol. The second-order valence-electron chi connectivity index (χ2n) is 12.7. The highest BCUT2D eigenvalue weighted by atomic mass is 35.5. The highest BCUT2D eigenvalue weighted by molar-refractivity contribution is 6.31. The molecule has 0 aliphatic heterocycles. The van der Waals surface area contributed by atoms with Crippen LogP contribution in [-0.2, 0) is 19.1 Å². The maximum Gasteiger partial charge on any atom is 0.344 e. The number of carbonyl (C=O) groups is 2. The summed E-state index contributed by atoms with van der Waals surface area (Å²) in [5.41, 5.74) is 0. The minimum absolute atomic E-state index is 0.182. The van der Waals surface area contributed by atoms with Crippen molar-refractivity contribution in [3.63, 3.8) is 0 Å². The predicted octanol–water partition coefficient (Wildman–Crippen LogP) is 7.36. The number of esters is 2. The summed E-state index contributed by atoms with van der Waals surface area (Å²) in [5.74, 6) is 4.37. The van der Waals surface area contributed by atoms with Crippen molar-refractivity contribution in [2.24, 2.45) is 35.5 Å². The van der Waals surface area contributed by atoms with Gasteiger partial charge >= 0.3 is 11.9 Å². The molecule has 6 atom stereocenters. The standard InChI is InChI=1S/C34H37ClO6/c35-26-9-10-29-30(15-26)34(41-19-32(37)39-17-25-14-21-6-8-23(25)12-21)28-4-2-1-3-27(28)33(29)40-18-31(36)38-16-24-13-20-5-7-22(24)11-20/h1-4,9-10,15,20-25H,5-8,11-14,16-19H2. The first-order valence-electron chi connectivity index (χ1n) is 15.2. The van der Waals surface area contributed by atoms with Crippen molar-refractivity contribution < 1.29 is 28.5 Å². The van der Waals surface area contributed by atoms with Crippen molar-refractivity contribution in [2.75, 3.05) is 26.4 Å². The zero-order chi connectivity index (χ0) is 27.9. The molecule has 216 valence electrons. The molecule has 0 heterocycles. The number of benzene rings is 3. The van der Waals surface area contributed by atoms with Crippen LogP contribution >= 0.6 is 11.6 Å². The van der Waals surface area contributed by atoms with Gasteiger partial charge < -0.3 is 18.9 Å². The van der Waals surface area contributed by atoms with Gasteiger partial charge in [-0.15, -0.1) is 0 Å². The Morgan fingerprint density at radius 3 is 1.66 bits per heavy atom. The van der Waals surface area contributed by atoms with Crippen LogP contribution in [0.15, 0.2) is 42.5 Å². The number of hydrogen-bond acceptors (Lipinski definition) is 6. The normalized spacial score (nSPS) is 27.9. The second-order valence-corrected chi connectivity index (χ2v) is 13.1. The molecule has 4 bridgehead atoms. The predicted molar refractivity (Wildman–Crippen MR) is 157 cm³/mol. The highest BCUT2D eigenvalue weighted by Gasteiger charge is 2.40. The fraction of sp³-hybridized carbons (Fsp3) is 0.529. The quantitative estimate of drug-likeness (QED) is 0.185. The summed E-state index contributed by atoms with van der Waals surface area (Å²) >= 11 is 6.41. The van der Waals surface area contributed by atoms with E-state index in [0.717, 1.165) is 28.0 Å². The first kappa shape index (κ1) is 26.9. The summed E-state index contributed by atoms with van der Waals surface area (Å²) in [6.45, 7) is 0.576. The average Bonchev–Trinajstić information content (AvgIpc) is 3.80. The molecule has 0 N–H and O–H groups in total. The van der Waals surface area contributed by atoms with Crippen molar-refractivity contribution in [3.05, 3.63) is 47.5 Å². The third-order valence-electron chi connectivity index (χ3n) is 10.2. The first-order chi connectivity index (χ1) is 20.0. The number of hydrogen-bond donors (Lipinski definition) is 0. The molecule has 4 fully saturated rings. The van der Waals surface area contributed by atoms with Gasteiger partial charge in [0.1, 0.15) is 11.5 Å². The summed E-state index contributed by atoms with van der Waals surface area (Å²) in [4.78, 5) is 25.4. The van der Waals surface area contributed by atoms with Crippen LogP contribution in [0.5, 0.6) is 11.5 Å². The third kappa shape index (κ3) is 5.48. The molecule has 6 unspecified atom stereocenters. The van der Waals surface area contributed by atoms with Gasteiger partial charge in [-0.3, -0.25) is 0 Å². The molecule has 4 aliphatic rings. The van der Waals surface area contributed by atoms with Crippen molar-refractivity contribution in [3.8, 4) is 11.5 Å². The molecule has 0 aromatic heterocycles. The number of rotatable bonds is 10. The molecule has 0 amide bonds. The van der Waals surface area contributed by atoms with Gasteiger partial charge in [-0.25, -0.2) is 9.59 Å². The van der Waals surface area contributed by atoms with E-state index in [1.807, 2.05) is 30.3 Å². The van der Waals surface area contributed by atoms with Gasteiger partial charge in [-0.05, 0) is 92.2 Å². The van der Waals surface area contributed by atoms with Gasteiger partial charge in [0.25, 0.3) is 0 Å². The van der Waals surface area contributed by atoms with E-state index in [2.05, 4.69) is 0 Å². The van der Waals surface area contributed by atoms with E-state index < -0.39 is 0 Å². The zero-order valence-electron chi connectivity index (χ0n) is 23.3. The maximum atomic E-state index is 12.7. The third-order valence-corrected chi connectivity index (χ3v) is 10.5. The Morgan fingerprint density at radius 1 is 0.659 bits per heavy atom. The lowest BCUT2D eigenvalue weighted by Gasteiger charge is -2.22. The Labute approximate surface area is 245 Å². The van der Waals surface area contributed by atoms with E-state index in [9.17, 15) is 9.59 Å².